The van der Waals surface area contributed by atoms with E-state index >= 15 is 0 Å². The summed E-state index contributed by atoms with van der Waals surface area (Å²) in [6.45, 7) is 4.88. The second kappa shape index (κ2) is 3.69. The number of methoxy groups -OCH3 is 1. The summed E-state index contributed by atoms with van der Waals surface area (Å²) in [4.78, 5) is 0. The van der Waals surface area contributed by atoms with Gasteiger partial charge in [0.1, 0.15) is 5.75 Å². The van der Waals surface area contributed by atoms with E-state index < -0.39 is 0 Å². The van der Waals surface area contributed by atoms with E-state index in [1.807, 2.05) is 19.1 Å². The lowest BCUT2D eigenvalue weighted by Crippen LogP contribution is -2.38. The lowest BCUT2D eigenvalue weighted by Gasteiger charge is -2.40. The Labute approximate surface area is 95.1 Å². The predicted octanol–water partition coefficient (Wildman–Crippen LogP) is 3.29. The van der Waals surface area contributed by atoms with E-state index in [1.165, 1.54) is 0 Å². The summed E-state index contributed by atoms with van der Waals surface area (Å²) in [7, 11) is 1.68. The molecule has 1 atom stereocenters. The van der Waals surface area contributed by atoms with Gasteiger partial charge in [-0.05, 0) is 31.5 Å². The molecule has 1 aliphatic heterocycles. The molecule has 0 spiro atoms. The summed E-state index contributed by atoms with van der Waals surface area (Å²) < 4.78 is 11.0. The summed E-state index contributed by atoms with van der Waals surface area (Å²) in [5, 5.41) is 0.736. The minimum absolute atomic E-state index is 0.221. The van der Waals surface area contributed by atoms with E-state index in [0.29, 0.717) is 0 Å². The van der Waals surface area contributed by atoms with Crippen LogP contribution in [0.15, 0.2) is 12.1 Å². The molecule has 0 saturated carbocycles. The minimum atomic E-state index is -0.221. The third-order valence-corrected chi connectivity index (χ3v) is 3.23. The molecule has 0 amide bonds. The molecular weight excluding hydrogens is 212 g/mol. The van der Waals surface area contributed by atoms with E-state index in [1.54, 1.807) is 7.11 Å². The van der Waals surface area contributed by atoms with Crippen LogP contribution < -0.4 is 4.74 Å². The summed E-state index contributed by atoms with van der Waals surface area (Å²) in [5.41, 5.74) is 1.89. The van der Waals surface area contributed by atoms with Crippen molar-refractivity contribution >= 4 is 11.6 Å². The Morgan fingerprint density at radius 1 is 1.47 bits per heavy atom. The fourth-order valence-electron chi connectivity index (χ4n) is 2.01. The van der Waals surface area contributed by atoms with Crippen molar-refractivity contribution in [1.82, 2.24) is 0 Å². The molecular formula is C12H15ClO2. The van der Waals surface area contributed by atoms with Gasteiger partial charge >= 0.3 is 0 Å². The number of halogens is 1. The summed E-state index contributed by atoms with van der Waals surface area (Å²) >= 11 is 6.06. The van der Waals surface area contributed by atoms with Gasteiger partial charge in [0.25, 0.3) is 0 Å². The van der Waals surface area contributed by atoms with Crippen molar-refractivity contribution in [2.24, 2.45) is 0 Å². The number of aryl methyl sites for hydroxylation is 1. The normalized spacial score (nSPS) is 24.8. The molecule has 0 bridgehead atoms. The second-order valence-electron chi connectivity index (χ2n) is 4.13. The molecule has 1 unspecified atom stereocenters. The first-order valence-corrected chi connectivity index (χ1v) is 5.43. The Morgan fingerprint density at radius 3 is 2.60 bits per heavy atom. The second-order valence-corrected chi connectivity index (χ2v) is 4.57. The number of benzene rings is 1. The molecule has 1 fully saturated rings. The van der Waals surface area contributed by atoms with E-state index in [0.717, 1.165) is 34.9 Å². The quantitative estimate of drug-likeness (QED) is 0.771. The molecule has 1 aliphatic rings. The first-order chi connectivity index (χ1) is 7.07. The summed E-state index contributed by atoms with van der Waals surface area (Å²) in [6, 6.07) is 3.85. The lowest BCUT2D eigenvalue weighted by molar-refractivity contribution is -0.141. The standard InChI is InChI=1S/C12H15ClO2/c1-8-6-9(13)7-10(11(8)14-3)12(2)4-5-15-12/h6-7H,4-5H2,1-3H3. The largest absolute Gasteiger partial charge is 0.496 e. The van der Waals surface area contributed by atoms with Gasteiger partial charge in [0, 0.05) is 17.0 Å². The molecule has 0 N–H and O–H groups in total. The monoisotopic (exact) mass is 226 g/mol. The first kappa shape index (κ1) is 10.8. The maximum absolute atomic E-state index is 6.06. The van der Waals surface area contributed by atoms with Crippen molar-refractivity contribution in [3.8, 4) is 5.75 Å². The van der Waals surface area contributed by atoms with Crippen molar-refractivity contribution < 1.29 is 9.47 Å². The van der Waals surface area contributed by atoms with Crippen LogP contribution in [0, 0.1) is 6.92 Å². The highest BCUT2D eigenvalue weighted by Gasteiger charge is 2.38. The fraction of sp³-hybridized carbons (Fsp3) is 0.500. The number of rotatable bonds is 2. The van der Waals surface area contributed by atoms with Crippen molar-refractivity contribution in [2.75, 3.05) is 13.7 Å². The molecule has 2 nitrogen and oxygen atoms in total. The van der Waals surface area contributed by atoms with Crippen LogP contribution in [-0.4, -0.2) is 13.7 Å². The van der Waals surface area contributed by atoms with Gasteiger partial charge in [0.2, 0.25) is 0 Å². The van der Waals surface area contributed by atoms with Crippen molar-refractivity contribution in [1.29, 1.82) is 0 Å². The lowest BCUT2D eigenvalue weighted by atomic mass is 9.87. The Balaban J connectivity index is 2.53. The van der Waals surface area contributed by atoms with Crippen LogP contribution in [0.5, 0.6) is 5.75 Å². The maximum atomic E-state index is 6.06. The van der Waals surface area contributed by atoms with E-state index in [2.05, 4.69) is 6.92 Å². The highest BCUT2D eigenvalue weighted by Crippen LogP contribution is 2.43. The average Bonchev–Trinajstić information content (AvgIpc) is 2.13. The molecule has 2 rings (SSSR count). The van der Waals surface area contributed by atoms with Crippen LogP contribution >= 0.6 is 11.6 Å². The average molecular weight is 227 g/mol. The molecule has 82 valence electrons. The van der Waals surface area contributed by atoms with E-state index in [-0.39, 0.29) is 5.60 Å². The molecule has 1 heterocycles. The van der Waals surface area contributed by atoms with Crippen LogP contribution in [-0.2, 0) is 10.3 Å². The molecule has 0 aromatic heterocycles. The zero-order valence-corrected chi connectivity index (χ0v) is 10.0. The van der Waals surface area contributed by atoms with E-state index in [9.17, 15) is 0 Å². The highest BCUT2D eigenvalue weighted by molar-refractivity contribution is 6.30. The van der Waals surface area contributed by atoms with Crippen molar-refractivity contribution in [2.45, 2.75) is 25.9 Å². The SMILES string of the molecule is COc1c(C)cc(Cl)cc1C1(C)CCO1. The predicted molar refractivity (Wildman–Crippen MR) is 60.7 cm³/mol. The van der Waals surface area contributed by atoms with Gasteiger partial charge in [0.15, 0.2) is 0 Å². The smallest absolute Gasteiger partial charge is 0.127 e. The van der Waals surface area contributed by atoms with Gasteiger partial charge in [-0.2, -0.15) is 0 Å². The van der Waals surface area contributed by atoms with Gasteiger partial charge in [0.05, 0.1) is 19.3 Å². The van der Waals surface area contributed by atoms with Gasteiger partial charge in [-0.1, -0.05) is 11.6 Å². The molecule has 1 saturated heterocycles. The zero-order valence-electron chi connectivity index (χ0n) is 9.26. The third-order valence-electron chi connectivity index (χ3n) is 3.01. The van der Waals surface area contributed by atoms with Crippen LogP contribution in [0.1, 0.15) is 24.5 Å². The topological polar surface area (TPSA) is 18.5 Å². The first-order valence-electron chi connectivity index (χ1n) is 5.05. The van der Waals surface area contributed by atoms with Crippen LogP contribution in [0.2, 0.25) is 5.02 Å². The Hall–Kier alpha value is -0.730. The Morgan fingerprint density at radius 2 is 2.13 bits per heavy atom. The van der Waals surface area contributed by atoms with Gasteiger partial charge < -0.3 is 9.47 Å². The fourth-order valence-corrected chi connectivity index (χ4v) is 2.29. The highest BCUT2D eigenvalue weighted by atomic mass is 35.5. The van der Waals surface area contributed by atoms with E-state index in [4.69, 9.17) is 21.1 Å². The molecule has 1 aromatic carbocycles. The van der Waals surface area contributed by atoms with Gasteiger partial charge in [-0.25, -0.2) is 0 Å². The van der Waals surface area contributed by atoms with Crippen LogP contribution in [0.4, 0.5) is 0 Å². The Bertz CT molecular complexity index is 383. The minimum Gasteiger partial charge on any atom is -0.496 e. The van der Waals surface area contributed by atoms with Gasteiger partial charge in [-0.15, -0.1) is 0 Å². The molecule has 1 aromatic rings. The molecule has 15 heavy (non-hydrogen) atoms. The maximum Gasteiger partial charge on any atom is 0.127 e. The molecule has 3 heteroatoms. The number of ether oxygens (including phenoxy) is 2. The zero-order chi connectivity index (χ0) is 11.1. The summed E-state index contributed by atoms with van der Waals surface area (Å²) in [5.74, 6) is 0.890. The van der Waals surface area contributed by atoms with Crippen LogP contribution in [0.25, 0.3) is 0 Å². The number of hydrogen-bond acceptors (Lipinski definition) is 2. The third kappa shape index (κ3) is 1.72. The van der Waals surface area contributed by atoms with Gasteiger partial charge in [-0.3, -0.25) is 0 Å². The molecule has 0 radical (unpaired) electrons. The molecule has 0 aliphatic carbocycles. The number of hydrogen-bond donors (Lipinski definition) is 0. The van der Waals surface area contributed by atoms with Crippen molar-refractivity contribution in [3.63, 3.8) is 0 Å². The van der Waals surface area contributed by atoms with Crippen molar-refractivity contribution in [3.05, 3.63) is 28.3 Å². The summed E-state index contributed by atoms with van der Waals surface area (Å²) in [6.07, 6.45) is 1.02. The van der Waals surface area contributed by atoms with Crippen LogP contribution in [0.3, 0.4) is 0 Å². The Kier molecular flexibility index (Phi) is 2.65.